The molecular weight excluding hydrogens is 326 g/mol. The first-order valence-electron chi connectivity index (χ1n) is 7.85. The Morgan fingerprint density at radius 3 is 2.46 bits per heavy atom. The van der Waals surface area contributed by atoms with Crippen molar-refractivity contribution in [2.24, 2.45) is 0 Å². The van der Waals surface area contributed by atoms with Crippen LogP contribution in [0.25, 0.3) is 0 Å². The molecule has 0 bridgehead atoms. The fraction of sp³-hybridized carbons (Fsp3) is 0.316. The van der Waals surface area contributed by atoms with E-state index in [1.807, 2.05) is 44.2 Å². The molecule has 0 aliphatic heterocycles. The van der Waals surface area contributed by atoms with Crippen LogP contribution in [-0.4, -0.2) is 25.2 Å². The predicted molar refractivity (Wildman–Crippen MR) is 96.0 cm³/mol. The van der Waals surface area contributed by atoms with Crippen LogP contribution < -0.4 is 14.8 Å². The smallest absolute Gasteiger partial charge is 0.260 e. The second-order valence-electron chi connectivity index (χ2n) is 5.62. The summed E-state index contributed by atoms with van der Waals surface area (Å²) in [6.07, 6.45) is -0.593. The Hall–Kier alpha value is -2.20. The third kappa shape index (κ3) is 5.46. The number of amides is 1. The molecule has 5 heteroatoms. The van der Waals surface area contributed by atoms with Crippen molar-refractivity contribution in [2.45, 2.75) is 26.9 Å². The van der Waals surface area contributed by atoms with Gasteiger partial charge in [-0.25, -0.2) is 0 Å². The monoisotopic (exact) mass is 347 g/mol. The van der Waals surface area contributed by atoms with Gasteiger partial charge in [0.15, 0.2) is 6.10 Å². The molecular formula is C19H22ClNO3. The molecule has 1 atom stereocenters. The largest absolute Gasteiger partial charge is 0.492 e. The number of benzene rings is 2. The quantitative estimate of drug-likeness (QED) is 0.772. The van der Waals surface area contributed by atoms with Crippen molar-refractivity contribution in [3.63, 3.8) is 0 Å². The van der Waals surface area contributed by atoms with Crippen LogP contribution in [0.15, 0.2) is 42.5 Å². The van der Waals surface area contributed by atoms with Gasteiger partial charge in [0.05, 0.1) is 6.54 Å². The normalized spacial score (nSPS) is 11.7. The molecule has 0 aromatic heterocycles. The highest BCUT2D eigenvalue weighted by molar-refractivity contribution is 6.31. The molecule has 1 amide bonds. The Balaban J connectivity index is 1.73. The Morgan fingerprint density at radius 1 is 1.12 bits per heavy atom. The van der Waals surface area contributed by atoms with Gasteiger partial charge in [-0.2, -0.15) is 0 Å². The van der Waals surface area contributed by atoms with Crippen molar-refractivity contribution in [3.05, 3.63) is 58.6 Å². The summed E-state index contributed by atoms with van der Waals surface area (Å²) in [5.74, 6) is 1.22. The molecule has 2 rings (SSSR count). The SMILES string of the molecule is Cc1ccc(OCCNC(=O)C(C)Oc2ccc(Cl)c(C)c2)cc1. The highest BCUT2D eigenvalue weighted by atomic mass is 35.5. The zero-order chi connectivity index (χ0) is 17.5. The Kier molecular flexibility index (Phi) is 6.50. The molecule has 128 valence electrons. The van der Waals surface area contributed by atoms with E-state index in [2.05, 4.69) is 5.32 Å². The predicted octanol–water partition coefficient (Wildman–Crippen LogP) is 3.92. The van der Waals surface area contributed by atoms with Crippen molar-refractivity contribution in [1.29, 1.82) is 0 Å². The lowest BCUT2D eigenvalue weighted by molar-refractivity contribution is -0.127. The molecule has 0 saturated heterocycles. The van der Waals surface area contributed by atoms with Crippen molar-refractivity contribution < 1.29 is 14.3 Å². The first kappa shape index (κ1) is 18.1. The topological polar surface area (TPSA) is 47.6 Å². The van der Waals surface area contributed by atoms with E-state index in [1.165, 1.54) is 5.56 Å². The average molecular weight is 348 g/mol. The fourth-order valence-corrected chi connectivity index (χ4v) is 2.19. The molecule has 0 heterocycles. The molecule has 24 heavy (non-hydrogen) atoms. The van der Waals surface area contributed by atoms with Crippen LogP contribution in [0, 0.1) is 13.8 Å². The van der Waals surface area contributed by atoms with E-state index in [1.54, 1.807) is 19.1 Å². The molecule has 0 radical (unpaired) electrons. The summed E-state index contributed by atoms with van der Waals surface area (Å²) < 4.78 is 11.2. The zero-order valence-electron chi connectivity index (χ0n) is 14.1. The second kappa shape index (κ2) is 8.60. The van der Waals surface area contributed by atoms with Crippen LogP contribution in [0.2, 0.25) is 5.02 Å². The van der Waals surface area contributed by atoms with E-state index < -0.39 is 6.10 Å². The Labute approximate surface area is 147 Å². The lowest BCUT2D eigenvalue weighted by atomic mass is 10.2. The molecule has 0 aliphatic rings. The standard InChI is InChI=1S/C19H22ClNO3/c1-13-4-6-16(7-5-13)23-11-10-21-19(22)15(3)24-17-8-9-18(20)14(2)12-17/h4-9,12,15H,10-11H2,1-3H3,(H,21,22). The van der Waals surface area contributed by atoms with Gasteiger partial charge in [-0.15, -0.1) is 0 Å². The first-order valence-corrected chi connectivity index (χ1v) is 8.23. The fourth-order valence-electron chi connectivity index (χ4n) is 2.07. The van der Waals surface area contributed by atoms with E-state index in [9.17, 15) is 4.79 Å². The number of hydrogen-bond acceptors (Lipinski definition) is 3. The van der Waals surface area contributed by atoms with Gasteiger partial charge < -0.3 is 14.8 Å². The van der Waals surface area contributed by atoms with Crippen LogP contribution in [0.5, 0.6) is 11.5 Å². The van der Waals surface area contributed by atoms with Gasteiger partial charge in [0.1, 0.15) is 18.1 Å². The van der Waals surface area contributed by atoms with E-state index >= 15 is 0 Å². The lowest BCUT2D eigenvalue weighted by Gasteiger charge is -2.15. The van der Waals surface area contributed by atoms with Crippen molar-refractivity contribution >= 4 is 17.5 Å². The summed E-state index contributed by atoms with van der Waals surface area (Å²) in [6, 6.07) is 13.1. The van der Waals surface area contributed by atoms with Gasteiger partial charge in [0.25, 0.3) is 5.91 Å². The minimum absolute atomic E-state index is 0.185. The minimum Gasteiger partial charge on any atom is -0.492 e. The summed E-state index contributed by atoms with van der Waals surface area (Å²) in [4.78, 5) is 12.0. The zero-order valence-corrected chi connectivity index (χ0v) is 14.9. The molecule has 0 aliphatic carbocycles. The Bertz CT molecular complexity index is 686. The van der Waals surface area contributed by atoms with Crippen LogP contribution in [0.4, 0.5) is 0 Å². The van der Waals surface area contributed by atoms with Gasteiger partial charge in [-0.05, 0) is 56.7 Å². The van der Waals surface area contributed by atoms with Crippen molar-refractivity contribution in [3.8, 4) is 11.5 Å². The number of aryl methyl sites for hydroxylation is 2. The molecule has 0 saturated carbocycles. The van der Waals surface area contributed by atoms with Gasteiger partial charge in [0, 0.05) is 5.02 Å². The third-order valence-corrected chi connectivity index (χ3v) is 3.93. The minimum atomic E-state index is -0.593. The molecule has 1 N–H and O–H groups in total. The Morgan fingerprint density at radius 2 is 1.79 bits per heavy atom. The van der Waals surface area contributed by atoms with E-state index in [0.29, 0.717) is 23.9 Å². The first-order chi connectivity index (χ1) is 11.5. The summed E-state index contributed by atoms with van der Waals surface area (Å²) in [6.45, 7) is 6.44. The molecule has 0 spiro atoms. The summed E-state index contributed by atoms with van der Waals surface area (Å²) in [5, 5.41) is 3.47. The van der Waals surface area contributed by atoms with E-state index in [0.717, 1.165) is 11.3 Å². The second-order valence-corrected chi connectivity index (χ2v) is 6.03. The number of carbonyl (C=O) groups is 1. The molecule has 0 fully saturated rings. The van der Waals surface area contributed by atoms with Crippen LogP contribution in [0.3, 0.4) is 0 Å². The lowest BCUT2D eigenvalue weighted by Crippen LogP contribution is -2.38. The maximum Gasteiger partial charge on any atom is 0.260 e. The molecule has 1 unspecified atom stereocenters. The average Bonchev–Trinajstić information content (AvgIpc) is 2.56. The van der Waals surface area contributed by atoms with Gasteiger partial charge in [-0.1, -0.05) is 29.3 Å². The van der Waals surface area contributed by atoms with E-state index in [-0.39, 0.29) is 5.91 Å². The molecule has 2 aromatic rings. The van der Waals surface area contributed by atoms with Crippen LogP contribution >= 0.6 is 11.6 Å². The summed E-state index contributed by atoms with van der Waals surface area (Å²) >= 11 is 5.97. The van der Waals surface area contributed by atoms with Crippen molar-refractivity contribution in [2.75, 3.05) is 13.2 Å². The maximum absolute atomic E-state index is 12.0. The van der Waals surface area contributed by atoms with Gasteiger partial charge >= 0.3 is 0 Å². The van der Waals surface area contributed by atoms with Gasteiger partial charge in [0.2, 0.25) is 0 Å². The van der Waals surface area contributed by atoms with E-state index in [4.69, 9.17) is 21.1 Å². The number of ether oxygens (including phenoxy) is 2. The third-order valence-electron chi connectivity index (χ3n) is 3.50. The van der Waals surface area contributed by atoms with Crippen LogP contribution in [-0.2, 0) is 4.79 Å². The number of rotatable bonds is 7. The number of carbonyl (C=O) groups excluding carboxylic acids is 1. The van der Waals surface area contributed by atoms with Crippen LogP contribution in [0.1, 0.15) is 18.1 Å². The number of halogens is 1. The van der Waals surface area contributed by atoms with Crippen molar-refractivity contribution in [1.82, 2.24) is 5.32 Å². The van der Waals surface area contributed by atoms with Gasteiger partial charge in [-0.3, -0.25) is 4.79 Å². The molecule has 2 aromatic carbocycles. The highest BCUT2D eigenvalue weighted by Gasteiger charge is 2.14. The number of hydrogen-bond donors (Lipinski definition) is 1. The summed E-state index contributed by atoms with van der Waals surface area (Å²) in [7, 11) is 0. The summed E-state index contributed by atoms with van der Waals surface area (Å²) in [5.41, 5.74) is 2.09. The maximum atomic E-state index is 12.0. The molecule has 4 nitrogen and oxygen atoms in total. The number of nitrogens with one attached hydrogen (secondary N) is 1. The highest BCUT2D eigenvalue weighted by Crippen LogP contribution is 2.21.